The van der Waals surface area contributed by atoms with Gasteiger partial charge in [0.2, 0.25) is 4.77 Å². The van der Waals surface area contributed by atoms with Crippen LogP contribution in [0.5, 0.6) is 0 Å². The molecule has 1 N–H and O–H groups in total. The van der Waals surface area contributed by atoms with E-state index in [4.69, 9.17) is 12.2 Å². The number of rotatable bonds is 3. The van der Waals surface area contributed by atoms with Crippen LogP contribution in [0, 0.1) is 32.5 Å². The van der Waals surface area contributed by atoms with Crippen LogP contribution in [-0.2, 0) is 0 Å². The Labute approximate surface area is 146 Å². The maximum absolute atomic E-state index is 5.35. The van der Waals surface area contributed by atoms with Crippen LogP contribution in [0.4, 0.5) is 0 Å². The van der Waals surface area contributed by atoms with Crippen molar-refractivity contribution < 1.29 is 0 Å². The second-order valence-corrected chi connectivity index (χ2v) is 6.42. The topological polar surface area (TPSA) is 46.0 Å². The lowest BCUT2D eigenvalue weighted by molar-refractivity contribution is 0.870. The van der Waals surface area contributed by atoms with Gasteiger partial charge in [0.05, 0.1) is 6.21 Å². The quantitative estimate of drug-likeness (QED) is 0.555. The predicted molar refractivity (Wildman–Crippen MR) is 101 cm³/mol. The molecule has 0 spiro atoms. The van der Waals surface area contributed by atoms with Gasteiger partial charge in [0.15, 0.2) is 5.82 Å². The van der Waals surface area contributed by atoms with Crippen molar-refractivity contribution in [1.82, 2.24) is 14.9 Å². The van der Waals surface area contributed by atoms with Crippen LogP contribution in [0.25, 0.3) is 11.4 Å². The average molecular weight is 336 g/mol. The van der Waals surface area contributed by atoms with Crippen molar-refractivity contribution in [3.63, 3.8) is 0 Å². The lowest BCUT2D eigenvalue weighted by Crippen LogP contribution is -1.99. The molecule has 0 saturated carbocycles. The Bertz CT molecular complexity index is 956. The van der Waals surface area contributed by atoms with E-state index in [9.17, 15) is 0 Å². The number of nitrogens with zero attached hydrogens (tertiary/aromatic N) is 3. The first-order chi connectivity index (χ1) is 11.5. The van der Waals surface area contributed by atoms with Crippen LogP contribution in [0.3, 0.4) is 0 Å². The minimum atomic E-state index is 0.479. The SMILES string of the molecule is Cc1cc(C)c(/C=N/n2c(-c3ccccc3C)n[nH]c2=S)c(C)c1. The summed E-state index contributed by atoms with van der Waals surface area (Å²) in [5.41, 5.74) is 6.90. The summed E-state index contributed by atoms with van der Waals surface area (Å²) in [5.74, 6) is 0.719. The maximum Gasteiger partial charge on any atom is 0.216 e. The number of aromatic amines is 1. The van der Waals surface area contributed by atoms with E-state index in [2.05, 4.69) is 61.2 Å². The summed E-state index contributed by atoms with van der Waals surface area (Å²) in [6.45, 7) is 8.34. The Balaban J connectivity index is 2.08. The Morgan fingerprint density at radius 2 is 1.71 bits per heavy atom. The van der Waals surface area contributed by atoms with Gasteiger partial charge in [-0.2, -0.15) is 14.9 Å². The molecular formula is C19H20N4S. The van der Waals surface area contributed by atoms with Crippen molar-refractivity contribution in [3.05, 3.63) is 69.0 Å². The van der Waals surface area contributed by atoms with Gasteiger partial charge < -0.3 is 0 Å². The third kappa shape index (κ3) is 3.08. The summed E-state index contributed by atoms with van der Waals surface area (Å²) in [4.78, 5) is 0. The highest BCUT2D eigenvalue weighted by atomic mass is 32.1. The largest absolute Gasteiger partial charge is 0.250 e. The van der Waals surface area contributed by atoms with Crippen LogP contribution in [0.15, 0.2) is 41.5 Å². The van der Waals surface area contributed by atoms with Crippen LogP contribution >= 0.6 is 12.2 Å². The zero-order valence-corrected chi connectivity index (χ0v) is 15.1. The van der Waals surface area contributed by atoms with Crippen LogP contribution in [-0.4, -0.2) is 21.1 Å². The third-order valence-electron chi connectivity index (χ3n) is 4.08. The van der Waals surface area contributed by atoms with Crippen LogP contribution in [0.1, 0.15) is 27.8 Å². The maximum atomic E-state index is 5.35. The number of aromatic nitrogens is 3. The van der Waals surface area contributed by atoms with E-state index in [0.717, 1.165) is 22.5 Å². The van der Waals surface area contributed by atoms with Crippen molar-refractivity contribution in [3.8, 4) is 11.4 Å². The van der Waals surface area contributed by atoms with Crippen molar-refractivity contribution >= 4 is 18.4 Å². The third-order valence-corrected chi connectivity index (χ3v) is 4.34. The summed E-state index contributed by atoms with van der Waals surface area (Å²) in [5, 5.41) is 11.8. The standard InChI is InChI=1S/C19H20N4S/c1-12-9-14(3)17(15(4)10-12)11-20-23-18(21-22-19(23)24)16-8-6-5-7-13(16)2/h5-11H,1-4H3,(H,22,24)/b20-11+. The van der Waals surface area contributed by atoms with Gasteiger partial charge >= 0.3 is 0 Å². The summed E-state index contributed by atoms with van der Waals surface area (Å²) >= 11 is 5.35. The van der Waals surface area contributed by atoms with Gasteiger partial charge in [0.1, 0.15) is 0 Å². The normalized spacial score (nSPS) is 11.3. The van der Waals surface area contributed by atoms with Crippen molar-refractivity contribution in [2.45, 2.75) is 27.7 Å². The van der Waals surface area contributed by atoms with Gasteiger partial charge in [0.25, 0.3) is 0 Å². The number of hydrogen-bond donors (Lipinski definition) is 1. The van der Waals surface area contributed by atoms with Crippen molar-refractivity contribution in [1.29, 1.82) is 0 Å². The van der Waals surface area contributed by atoms with E-state index in [0.29, 0.717) is 4.77 Å². The predicted octanol–water partition coefficient (Wildman–Crippen LogP) is 4.72. The Morgan fingerprint density at radius 1 is 1.04 bits per heavy atom. The molecule has 0 radical (unpaired) electrons. The first-order valence-electron chi connectivity index (χ1n) is 7.83. The molecule has 122 valence electrons. The summed E-state index contributed by atoms with van der Waals surface area (Å²) in [6, 6.07) is 12.4. The Morgan fingerprint density at radius 3 is 2.38 bits per heavy atom. The summed E-state index contributed by atoms with van der Waals surface area (Å²) < 4.78 is 2.16. The lowest BCUT2D eigenvalue weighted by Gasteiger charge is -2.07. The highest BCUT2D eigenvalue weighted by Gasteiger charge is 2.10. The molecule has 3 rings (SSSR count). The Kier molecular flexibility index (Phi) is 4.44. The molecule has 1 heterocycles. The first kappa shape index (κ1) is 16.3. The van der Waals surface area contributed by atoms with Crippen LogP contribution in [0.2, 0.25) is 0 Å². The number of benzene rings is 2. The van der Waals surface area contributed by atoms with E-state index in [-0.39, 0.29) is 0 Å². The van der Waals surface area contributed by atoms with Gasteiger partial charge in [-0.05, 0) is 56.6 Å². The van der Waals surface area contributed by atoms with Gasteiger partial charge in [-0.1, -0.05) is 42.0 Å². The molecule has 0 aliphatic rings. The molecule has 0 aliphatic heterocycles. The fourth-order valence-corrected chi connectivity index (χ4v) is 3.09. The van der Waals surface area contributed by atoms with E-state index in [1.165, 1.54) is 16.7 Å². The van der Waals surface area contributed by atoms with Gasteiger partial charge in [-0.25, -0.2) is 5.10 Å². The van der Waals surface area contributed by atoms with Gasteiger partial charge in [-0.3, -0.25) is 0 Å². The molecule has 0 fully saturated rings. The molecule has 5 heteroatoms. The number of H-pyrrole nitrogens is 1. The zero-order valence-electron chi connectivity index (χ0n) is 14.3. The minimum absolute atomic E-state index is 0.479. The second-order valence-electron chi connectivity index (χ2n) is 6.04. The van der Waals surface area contributed by atoms with E-state index in [1.54, 1.807) is 4.68 Å². The number of hydrogen-bond acceptors (Lipinski definition) is 3. The second kappa shape index (κ2) is 6.53. The molecule has 2 aromatic carbocycles. The molecule has 0 saturated heterocycles. The molecule has 0 unspecified atom stereocenters. The lowest BCUT2D eigenvalue weighted by atomic mass is 10.0. The molecule has 0 amide bonds. The molecule has 0 bridgehead atoms. The fraction of sp³-hybridized carbons (Fsp3) is 0.211. The fourth-order valence-electron chi connectivity index (χ4n) is 2.91. The van der Waals surface area contributed by atoms with Crippen molar-refractivity contribution in [2.24, 2.45) is 5.10 Å². The number of nitrogens with one attached hydrogen (secondary N) is 1. The minimum Gasteiger partial charge on any atom is -0.250 e. The van der Waals surface area contributed by atoms with Crippen LogP contribution < -0.4 is 0 Å². The van der Waals surface area contributed by atoms with E-state index >= 15 is 0 Å². The summed E-state index contributed by atoms with van der Waals surface area (Å²) in [7, 11) is 0. The molecular weight excluding hydrogens is 316 g/mol. The summed E-state index contributed by atoms with van der Waals surface area (Å²) in [6.07, 6.45) is 1.86. The zero-order chi connectivity index (χ0) is 17.3. The molecule has 0 atom stereocenters. The van der Waals surface area contributed by atoms with E-state index < -0.39 is 0 Å². The molecule has 0 aliphatic carbocycles. The smallest absolute Gasteiger partial charge is 0.216 e. The number of aryl methyl sites for hydroxylation is 4. The molecule has 4 nitrogen and oxygen atoms in total. The van der Waals surface area contributed by atoms with Gasteiger partial charge in [-0.15, -0.1) is 0 Å². The Hall–Kier alpha value is -2.53. The average Bonchev–Trinajstić information content (AvgIpc) is 2.88. The van der Waals surface area contributed by atoms with E-state index in [1.807, 2.05) is 24.4 Å². The highest BCUT2D eigenvalue weighted by Crippen LogP contribution is 2.21. The first-order valence-corrected chi connectivity index (χ1v) is 8.24. The van der Waals surface area contributed by atoms with Gasteiger partial charge in [0, 0.05) is 11.1 Å². The molecule has 1 aromatic heterocycles. The molecule has 3 aromatic rings. The molecule has 24 heavy (non-hydrogen) atoms. The monoisotopic (exact) mass is 336 g/mol. The highest BCUT2D eigenvalue weighted by molar-refractivity contribution is 7.71. The van der Waals surface area contributed by atoms with Crippen molar-refractivity contribution in [2.75, 3.05) is 0 Å².